The van der Waals surface area contributed by atoms with E-state index in [1.54, 1.807) is 6.20 Å². The Hall–Kier alpha value is -1.41. The van der Waals surface area contributed by atoms with Gasteiger partial charge in [0.05, 0.1) is 11.5 Å². The topological polar surface area (TPSA) is 75.5 Å². The Morgan fingerprint density at radius 2 is 1.87 bits per heavy atom. The maximum atomic E-state index is 12.4. The van der Waals surface area contributed by atoms with Crippen LogP contribution in [-0.4, -0.2) is 77.4 Å². The zero-order chi connectivity index (χ0) is 16.4. The van der Waals surface area contributed by atoms with Crippen LogP contribution in [0.15, 0.2) is 12.4 Å². The Morgan fingerprint density at radius 3 is 2.43 bits per heavy atom. The van der Waals surface area contributed by atoms with Gasteiger partial charge in [-0.3, -0.25) is 9.69 Å². The van der Waals surface area contributed by atoms with E-state index in [-0.39, 0.29) is 5.91 Å². The van der Waals surface area contributed by atoms with Crippen LogP contribution in [0.25, 0.3) is 0 Å². The van der Waals surface area contributed by atoms with Crippen molar-refractivity contribution in [1.29, 1.82) is 0 Å². The van der Waals surface area contributed by atoms with E-state index in [1.165, 1.54) is 0 Å². The number of aryl methyl sites for hydroxylation is 1. The molecule has 1 aromatic heterocycles. The third kappa shape index (κ3) is 3.92. The molecule has 3 heterocycles. The molecule has 23 heavy (non-hydrogen) atoms. The van der Waals surface area contributed by atoms with Crippen molar-refractivity contribution >= 4 is 15.7 Å². The van der Waals surface area contributed by atoms with Crippen LogP contribution in [0.3, 0.4) is 0 Å². The lowest BCUT2D eigenvalue weighted by Gasteiger charge is -2.40. The summed E-state index contributed by atoms with van der Waals surface area (Å²) >= 11 is 0. The molecule has 0 bridgehead atoms. The van der Waals surface area contributed by atoms with E-state index in [9.17, 15) is 13.2 Å². The first-order valence-electron chi connectivity index (χ1n) is 8.14. The number of amides is 1. The molecular weight excluding hydrogens is 316 g/mol. The predicted octanol–water partition coefficient (Wildman–Crippen LogP) is -0.0871. The maximum Gasteiger partial charge on any atom is 0.242 e. The van der Waals surface area contributed by atoms with E-state index in [4.69, 9.17) is 0 Å². The summed E-state index contributed by atoms with van der Waals surface area (Å²) in [7, 11) is -2.81. The van der Waals surface area contributed by atoms with Gasteiger partial charge < -0.3 is 9.47 Å². The van der Waals surface area contributed by atoms with Gasteiger partial charge in [0.1, 0.15) is 22.2 Å². The van der Waals surface area contributed by atoms with Gasteiger partial charge in [-0.15, -0.1) is 0 Å². The van der Waals surface area contributed by atoms with Crippen molar-refractivity contribution in [2.24, 2.45) is 0 Å². The number of piperazine rings is 1. The number of imidazole rings is 1. The minimum Gasteiger partial charge on any atom is -0.339 e. The van der Waals surface area contributed by atoms with Crippen LogP contribution in [0.4, 0.5) is 0 Å². The molecule has 8 heteroatoms. The van der Waals surface area contributed by atoms with Gasteiger partial charge in [-0.25, -0.2) is 13.4 Å². The molecular formula is C15H24N4O3S. The van der Waals surface area contributed by atoms with Gasteiger partial charge in [0, 0.05) is 44.6 Å². The first kappa shape index (κ1) is 16.4. The SMILES string of the molecule is Cc1nccn1CC(=O)N1CCN(C2CCS(=O)(=O)CC2)CC1. The second kappa shape index (κ2) is 6.60. The fourth-order valence-electron chi connectivity index (χ4n) is 3.40. The van der Waals surface area contributed by atoms with Crippen LogP contribution in [-0.2, 0) is 21.2 Å². The Kier molecular flexibility index (Phi) is 4.72. The van der Waals surface area contributed by atoms with E-state index in [1.807, 2.05) is 22.6 Å². The van der Waals surface area contributed by atoms with Gasteiger partial charge in [-0.1, -0.05) is 0 Å². The number of rotatable bonds is 3. The van der Waals surface area contributed by atoms with Crippen LogP contribution in [0.1, 0.15) is 18.7 Å². The van der Waals surface area contributed by atoms with E-state index in [0.29, 0.717) is 24.1 Å². The summed E-state index contributed by atoms with van der Waals surface area (Å²) in [5.41, 5.74) is 0. The highest BCUT2D eigenvalue weighted by Crippen LogP contribution is 2.19. The van der Waals surface area contributed by atoms with Crippen LogP contribution in [0, 0.1) is 6.92 Å². The summed E-state index contributed by atoms with van der Waals surface area (Å²) in [5, 5.41) is 0. The lowest BCUT2D eigenvalue weighted by Crippen LogP contribution is -2.53. The second-order valence-corrected chi connectivity index (χ2v) is 8.71. The molecule has 0 atom stereocenters. The number of aromatic nitrogens is 2. The van der Waals surface area contributed by atoms with Crippen molar-refractivity contribution < 1.29 is 13.2 Å². The largest absolute Gasteiger partial charge is 0.339 e. The lowest BCUT2D eigenvalue weighted by molar-refractivity contribution is -0.134. The number of hydrogen-bond donors (Lipinski definition) is 0. The average Bonchev–Trinajstić information content (AvgIpc) is 2.93. The minimum absolute atomic E-state index is 0.122. The standard InChI is InChI=1S/C15H24N4O3S/c1-13-16-4-5-19(13)12-15(20)18-8-6-17(7-9-18)14-2-10-23(21,22)11-3-14/h4-5,14H,2-3,6-12H2,1H3. The van der Waals surface area contributed by atoms with Crippen molar-refractivity contribution in [2.75, 3.05) is 37.7 Å². The fraction of sp³-hybridized carbons (Fsp3) is 0.733. The van der Waals surface area contributed by atoms with E-state index in [0.717, 1.165) is 44.8 Å². The molecule has 2 aliphatic rings. The Labute approximate surface area is 137 Å². The quantitative estimate of drug-likeness (QED) is 0.769. The third-order valence-corrected chi connectivity index (χ3v) is 6.65. The smallest absolute Gasteiger partial charge is 0.242 e. The van der Waals surface area contributed by atoms with Gasteiger partial charge in [-0.2, -0.15) is 0 Å². The predicted molar refractivity (Wildman–Crippen MR) is 86.8 cm³/mol. The van der Waals surface area contributed by atoms with Gasteiger partial charge in [0.15, 0.2) is 0 Å². The molecule has 0 radical (unpaired) electrons. The first-order chi connectivity index (χ1) is 10.9. The van der Waals surface area contributed by atoms with Crippen molar-refractivity contribution in [3.05, 3.63) is 18.2 Å². The van der Waals surface area contributed by atoms with Gasteiger partial charge in [0.25, 0.3) is 0 Å². The van der Waals surface area contributed by atoms with E-state index >= 15 is 0 Å². The molecule has 1 aromatic rings. The maximum absolute atomic E-state index is 12.4. The number of carbonyl (C=O) groups is 1. The Morgan fingerprint density at radius 1 is 1.22 bits per heavy atom. The lowest BCUT2D eigenvalue weighted by atomic mass is 10.1. The third-order valence-electron chi connectivity index (χ3n) is 4.94. The molecule has 128 valence electrons. The molecule has 1 amide bonds. The number of sulfone groups is 1. The van der Waals surface area contributed by atoms with Crippen LogP contribution in [0.2, 0.25) is 0 Å². The van der Waals surface area contributed by atoms with Crippen molar-refractivity contribution in [2.45, 2.75) is 32.4 Å². The molecule has 2 aliphatic heterocycles. The Bertz CT molecular complexity index is 648. The van der Waals surface area contributed by atoms with Crippen LogP contribution < -0.4 is 0 Å². The van der Waals surface area contributed by atoms with Crippen LogP contribution in [0.5, 0.6) is 0 Å². The highest BCUT2D eigenvalue weighted by molar-refractivity contribution is 7.91. The molecule has 0 unspecified atom stereocenters. The van der Waals surface area contributed by atoms with E-state index in [2.05, 4.69) is 9.88 Å². The van der Waals surface area contributed by atoms with Crippen molar-refractivity contribution in [3.8, 4) is 0 Å². The molecule has 0 aliphatic carbocycles. The Balaban J connectivity index is 1.48. The van der Waals surface area contributed by atoms with Gasteiger partial charge >= 0.3 is 0 Å². The highest BCUT2D eigenvalue weighted by Gasteiger charge is 2.30. The molecule has 0 spiro atoms. The fourth-order valence-corrected chi connectivity index (χ4v) is 4.86. The highest BCUT2D eigenvalue weighted by atomic mass is 32.2. The summed E-state index contributed by atoms with van der Waals surface area (Å²) < 4.78 is 24.9. The van der Waals surface area contributed by atoms with Crippen molar-refractivity contribution in [1.82, 2.24) is 19.4 Å². The zero-order valence-electron chi connectivity index (χ0n) is 13.5. The molecule has 2 saturated heterocycles. The molecule has 0 N–H and O–H groups in total. The molecule has 0 saturated carbocycles. The van der Waals surface area contributed by atoms with E-state index < -0.39 is 9.84 Å². The summed E-state index contributed by atoms with van der Waals surface area (Å²) in [5.74, 6) is 1.57. The summed E-state index contributed by atoms with van der Waals surface area (Å²) in [6, 6.07) is 0.353. The summed E-state index contributed by atoms with van der Waals surface area (Å²) in [6.07, 6.45) is 4.98. The molecule has 0 aromatic carbocycles. The number of carbonyl (C=O) groups excluding carboxylic acids is 1. The summed E-state index contributed by atoms with van der Waals surface area (Å²) in [6.45, 7) is 5.33. The molecule has 2 fully saturated rings. The zero-order valence-corrected chi connectivity index (χ0v) is 14.3. The summed E-state index contributed by atoms with van der Waals surface area (Å²) in [4.78, 5) is 20.7. The average molecular weight is 340 g/mol. The van der Waals surface area contributed by atoms with Crippen molar-refractivity contribution in [3.63, 3.8) is 0 Å². The molecule has 3 rings (SSSR count). The number of nitrogens with zero attached hydrogens (tertiary/aromatic N) is 4. The van der Waals surface area contributed by atoms with Crippen LogP contribution >= 0.6 is 0 Å². The first-order valence-corrected chi connectivity index (χ1v) is 9.97. The molecule has 7 nitrogen and oxygen atoms in total. The monoisotopic (exact) mass is 340 g/mol. The van der Waals surface area contributed by atoms with Gasteiger partial charge in [-0.05, 0) is 19.8 Å². The van der Waals surface area contributed by atoms with Gasteiger partial charge in [0.2, 0.25) is 5.91 Å². The minimum atomic E-state index is -2.81. The number of hydrogen-bond acceptors (Lipinski definition) is 5. The second-order valence-electron chi connectivity index (χ2n) is 6.40. The normalized spacial score (nSPS) is 23.1.